The number of aromatic nitrogens is 2. The van der Waals surface area contributed by atoms with Gasteiger partial charge >= 0.3 is 0 Å². The molecule has 5 aromatic rings. The van der Waals surface area contributed by atoms with E-state index >= 15 is 0 Å². The molecule has 1 aliphatic heterocycles. The molecule has 6 rings (SSSR count). The highest BCUT2D eigenvalue weighted by Gasteiger charge is 2.26. The Kier molecular flexibility index (Phi) is 5.80. The summed E-state index contributed by atoms with van der Waals surface area (Å²) in [6, 6.07) is 20.7. The van der Waals surface area contributed by atoms with Crippen LogP contribution in [0.2, 0.25) is 5.02 Å². The number of nitrogens with one attached hydrogen (secondary N) is 1. The minimum atomic E-state index is 0.728. The van der Waals surface area contributed by atoms with E-state index in [1.807, 2.05) is 47.1 Å². The summed E-state index contributed by atoms with van der Waals surface area (Å²) in [5, 5.41) is 8.50. The van der Waals surface area contributed by atoms with Crippen LogP contribution in [0.1, 0.15) is 16.8 Å². The first-order valence-corrected chi connectivity index (χ1v) is 13.0. The quantitative estimate of drug-likeness (QED) is 0.261. The Bertz CT molecular complexity index is 1620. The zero-order valence-electron chi connectivity index (χ0n) is 19.5. The Labute approximate surface area is 219 Å². The summed E-state index contributed by atoms with van der Waals surface area (Å²) >= 11 is 8.36. The van der Waals surface area contributed by atoms with Gasteiger partial charge in [-0.2, -0.15) is 0 Å². The van der Waals surface area contributed by atoms with Crippen molar-refractivity contribution in [2.24, 2.45) is 0 Å². The molecule has 3 aromatic carbocycles. The standard InChI is InChI=1S/C30H23ClN4S/c1-19-25-13-11-22(30-21(7-5-9-27(30)31)10-12-24-17-36-18-33-24)14-28(25)34-20(2)35(19)29-16-32-15-23-6-3-4-8-26(23)29/h3-9,11,13-18,34H,1-2,10,12H2. The van der Waals surface area contributed by atoms with E-state index < -0.39 is 0 Å². The van der Waals surface area contributed by atoms with Crippen molar-refractivity contribution >= 4 is 50.8 Å². The van der Waals surface area contributed by atoms with E-state index in [9.17, 15) is 0 Å². The molecule has 3 heterocycles. The molecule has 0 saturated heterocycles. The lowest BCUT2D eigenvalue weighted by Crippen LogP contribution is -2.29. The van der Waals surface area contributed by atoms with E-state index in [0.29, 0.717) is 0 Å². The third-order valence-corrected chi connectivity index (χ3v) is 7.51. The molecule has 1 aliphatic rings. The Morgan fingerprint density at radius 2 is 1.86 bits per heavy atom. The third kappa shape index (κ3) is 3.96. The van der Waals surface area contributed by atoms with E-state index in [1.54, 1.807) is 11.3 Å². The number of fused-ring (bicyclic) bond motifs is 2. The van der Waals surface area contributed by atoms with Gasteiger partial charge in [-0.25, -0.2) is 4.98 Å². The predicted molar refractivity (Wildman–Crippen MR) is 152 cm³/mol. The molecule has 0 unspecified atom stereocenters. The predicted octanol–water partition coefficient (Wildman–Crippen LogP) is 8.17. The monoisotopic (exact) mass is 506 g/mol. The second-order valence-corrected chi connectivity index (χ2v) is 9.87. The van der Waals surface area contributed by atoms with Crippen molar-refractivity contribution in [3.63, 3.8) is 0 Å². The number of thiazole rings is 1. The van der Waals surface area contributed by atoms with Gasteiger partial charge in [0.15, 0.2) is 0 Å². The maximum Gasteiger partial charge on any atom is 0.108 e. The van der Waals surface area contributed by atoms with E-state index in [4.69, 9.17) is 11.6 Å². The van der Waals surface area contributed by atoms with Crippen LogP contribution in [-0.4, -0.2) is 9.97 Å². The molecule has 0 bridgehead atoms. The van der Waals surface area contributed by atoms with Gasteiger partial charge in [0.2, 0.25) is 0 Å². The highest BCUT2D eigenvalue weighted by Crippen LogP contribution is 2.42. The first kappa shape index (κ1) is 22.5. The molecule has 4 nitrogen and oxygen atoms in total. The lowest BCUT2D eigenvalue weighted by Gasteiger charge is -2.35. The smallest absolute Gasteiger partial charge is 0.108 e. The fraction of sp³-hybridized carbons (Fsp3) is 0.0667. The maximum atomic E-state index is 6.74. The molecule has 0 aliphatic carbocycles. The van der Waals surface area contributed by atoms with Crippen LogP contribution in [0.4, 0.5) is 11.4 Å². The van der Waals surface area contributed by atoms with Crippen LogP contribution >= 0.6 is 22.9 Å². The fourth-order valence-electron chi connectivity index (χ4n) is 4.84. The molecule has 0 spiro atoms. The Morgan fingerprint density at radius 1 is 0.972 bits per heavy atom. The lowest BCUT2D eigenvalue weighted by molar-refractivity contribution is 0.927. The molecule has 0 atom stereocenters. The van der Waals surface area contributed by atoms with Crippen molar-refractivity contribution < 1.29 is 0 Å². The SMILES string of the molecule is C=C1Nc2cc(-c3c(Cl)cccc3CCc3cscn3)ccc2C(=C)N1c1cncc2ccccc12. The molecule has 6 heteroatoms. The molecule has 0 amide bonds. The second-order valence-electron chi connectivity index (χ2n) is 8.75. The minimum absolute atomic E-state index is 0.728. The van der Waals surface area contributed by atoms with Crippen molar-refractivity contribution in [3.05, 3.63) is 125 Å². The largest absolute Gasteiger partial charge is 0.341 e. The topological polar surface area (TPSA) is 41.1 Å². The third-order valence-electron chi connectivity index (χ3n) is 6.56. The molecule has 2 aromatic heterocycles. The summed E-state index contributed by atoms with van der Waals surface area (Å²) in [4.78, 5) is 10.9. The van der Waals surface area contributed by atoms with Gasteiger partial charge < -0.3 is 5.32 Å². The molecule has 36 heavy (non-hydrogen) atoms. The van der Waals surface area contributed by atoms with E-state index in [-0.39, 0.29) is 0 Å². The number of hydrogen-bond acceptors (Lipinski definition) is 5. The fourth-order valence-corrected chi connectivity index (χ4v) is 5.74. The van der Waals surface area contributed by atoms with Gasteiger partial charge in [0.05, 0.1) is 23.1 Å². The number of aryl methyl sites for hydroxylation is 2. The van der Waals surface area contributed by atoms with Crippen molar-refractivity contribution in [2.75, 3.05) is 10.2 Å². The van der Waals surface area contributed by atoms with Crippen LogP contribution in [0.25, 0.3) is 27.6 Å². The van der Waals surface area contributed by atoms with Crippen LogP contribution in [0, 0.1) is 0 Å². The van der Waals surface area contributed by atoms with Crippen LogP contribution in [-0.2, 0) is 12.8 Å². The van der Waals surface area contributed by atoms with Gasteiger partial charge in [-0.1, -0.05) is 73.3 Å². The number of nitrogens with zero attached hydrogens (tertiary/aromatic N) is 3. The Hall–Kier alpha value is -3.93. The normalized spacial score (nSPS) is 13.1. The zero-order valence-corrected chi connectivity index (χ0v) is 21.1. The summed E-state index contributed by atoms with van der Waals surface area (Å²) in [5.41, 5.74) is 10.0. The summed E-state index contributed by atoms with van der Waals surface area (Å²) in [6.07, 6.45) is 5.47. The number of anilines is 2. The summed E-state index contributed by atoms with van der Waals surface area (Å²) in [6.45, 7) is 8.75. The van der Waals surface area contributed by atoms with Crippen LogP contribution in [0.5, 0.6) is 0 Å². The molecule has 0 saturated carbocycles. The van der Waals surface area contributed by atoms with Crippen LogP contribution < -0.4 is 10.2 Å². The average Bonchev–Trinajstić information content (AvgIpc) is 3.41. The van der Waals surface area contributed by atoms with Crippen molar-refractivity contribution in [1.82, 2.24) is 9.97 Å². The van der Waals surface area contributed by atoms with Crippen molar-refractivity contribution in [1.29, 1.82) is 0 Å². The Balaban J connectivity index is 1.37. The summed E-state index contributed by atoms with van der Waals surface area (Å²) in [5.74, 6) is 0.728. The number of halogens is 1. The van der Waals surface area contributed by atoms with Gasteiger partial charge in [-0.3, -0.25) is 9.88 Å². The number of hydrogen-bond donors (Lipinski definition) is 1. The first-order chi connectivity index (χ1) is 17.6. The van der Waals surface area contributed by atoms with E-state index in [0.717, 1.165) is 73.9 Å². The Morgan fingerprint density at radius 3 is 2.72 bits per heavy atom. The van der Waals surface area contributed by atoms with Gasteiger partial charge in [-0.15, -0.1) is 11.3 Å². The van der Waals surface area contributed by atoms with Gasteiger partial charge in [-0.05, 0) is 36.1 Å². The van der Waals surface area contributed by atoms with Crippen LogP contribution in [0.3, 0.4) is 0 Å². The zero-order chi connectivity index (χ0) is 24.6. The van der Waals surface area contributed by atoms with Gasteiger partial charge in [0, 0.05) is 49.9 Å². The molecule has 0 radical (unpaired) electrons. The second kappa shape index (κ2) is 9.26. The van der Waals surface area contributed by atoms with Crippen LogP contribution in [0.15, 0.2) is 103 Å². The maximum absolute atomic E-state index is 6.74. The molecular weight excluding hydrogens is 484 g/mol. The summed E-state index contributed by atoms with van der Waals surface area (Å²) in [7, 11) is 0. The lowest BCUT2D eigenvalue weighted by atomic mass is 9.93. The van der Waals surface area contributed by atoms with E-state index in [1.165, 1.54) is 5.56 Å². The van der Waals surface area contributed by atoms with Gasteiger partial charge in [0.1, 0.15) is 5.82 Å². The van der Waals surface area contributed by atoms with Gasteiger partial charge in [0.25, 0.3) is 0 Å². The molecule has 176 valence electrons. The molecule has 0 fully saturated rings. The van der Waals surface area contributed by atoms with Crippen molar-refractivity contribution in [3.8, 4) is 11.1 Å². The molecule has 1 N–H and O–H groups in total. The highest BCUT2D eigenvalue weighted by atomic mass is 35.5. The molecular formula is C30H23ClN4S. The number of pyridine rings is 1. The van der Waals surface area contributed by atoms with E-state index in [2.05, 4.69) is 70.2 Å². The average molecular weight is 507 g/mol. The summed E-state index contributed by atoms with van der Waals surface area (Å²) < 4.78 is 0. The minimum Gasteiger partial charge on any atom is -0.341 e. The number of benzene rings is 3. The highest BCUT2D eigenvalue weighted by molar-refractivity contribution is 7.07. The van der Waals surface area contributed by atoms with Crippen molar-refractivity contribution in [2.45, 2.75) is 12.8 Å². The first-order valence-electron chi connectivity index (χ1n) is 11.7. The number of rotatable bonds is 5.